The Balaban J connectivity index is 2.38. The maximum absolute atomic E-state index is 11.6. The molecule has 1 saturated carbocycles. The molecule has 1 unspecified atom stereocenters. The molecule has 0 aromatic rings. The van der Waals surface area contributed by atoms with Gasteiger partial charge in [0.2, 0.25) is 5.91 Å². The molecule has 1 atom stereocenters. The summed E-state index contributed by atoms with van der Waals surface area (Å²) in [5.74, 6) is 0.167. The van der Waals surface area contributed by atoms with Gasteiger partial charge >= 0.3 is 0 Å². The number of nitrogens with two attached hydrogens (primary N) is 1. The molecule has 0 saturated heterocycles. The highest BCUT2D eigenvalue weighted by Crippen LogP contribution is 2.35. The van der Waals surface area contributed by atoms with E-state index in [4.69, 9.17) is 5.73 Å². The summed E-state index contributed by atoms with van der Waals surface area (Å²) in [4.78, 5) is 11.6. The van der Waals surface area contributed by atoms with E-state index in [0.29, 0.717) is 19.0 Å². The summed E-state index contributed by atoms with van der Waals surface area (Å²) in [6, 6.07) is 0.358. The van der Waals surface area contributed by atoms with Crippen molar-refractivity contribution in [2.24, 2.45) is 11.1 Å². The molecule has 1 aliphatic carbocycles. The first-order valence-electron chi connectivity index (χ1n) is 6.06. The van der Waals surface area contributed by atoms with Crippen molar-refractivity contribution in [2.75, 3.05) is 6.54 Å². The Hall–Kier alpha value is -0.570. The second kappa shape index (κ2) is 5.50. The third-order valence-corrected chi connectivity index (χ3v) is 3.45. The molecule has 0 aromatic heterocycles. The zero-order chi connectivity index (χ0) is 11.3. The number of carbonyl (C=O) groups excluding carboxylic acids is 1. The lowest BCUT2D eigenvalue weighted by Crippen LogP contribution is -2.46. The van der Waals surface area contributed by atoms with Crippen molar-refractivity contribution < 1.29 is 4.79 Å². The molecule has 0 aromatic carbocycles. The van der Waals surface area contributed by atoms with Gasteiger partial charge < -0.3 is 11.1 Å². The van der Waals surface area contributed by atoms with Crippen LogP contribution < -0.4 is 11.1 Å². The molecule has 1 fully saturated rings. The molecule has 0 spiro atoms. The maximum atomic E-state index is 11.6. The fourth-order valence-corrected chi connectivity index (χ4v) is 2.29. The van der Waals surface area contributed by atoms with Gasteiger partial charge in [-0.15, -0.1) is 0 Å². The van der Waals surface area contributed by atoms with Crippen molar-refractivity contribution in [3.63, 3.8) is 0 Å². The van der Waals surface area contributed by atoms with E-state index in [-0.39, 0.29) is 11.3 Å². The normalized spacial score (nSPS) is 24.9. The van der Waals surface area contributed by atoms with E-state index in [1.807, 2.05) is 0 Å². The molecule has 0 aliphatic heterocycles. The van der Waals surface area contributed by atoms with Crippen molar-refractivity contribution in [3.8, 4) is 0 Å². The highest BCUT2D eigenvalue weighted by molar-refractivity contribution is 5.76. The molecular weight excluding hydrogens is 188 g/mol. The summed E-state index contributed by atoms with van der Waals surface area (Å²) in [5, 5.41) is 3.15. The Bertz CT molecular complexity index is 214. The molecule has 1 aliphatic rings. The van der Waals surface area contributed by atoms with Crippen LogP contribution in [0.25, 0.3) is 0 Å². The minimum Gasteiger partial charge on any atom is -0.353 e. The van der Waals surface area contributed by atoms with Gasteiger partial charge in [-0.3, -0.25) is 4.79 Å². The van der Waals surface area contributed by atoms with Crippen LogP contribution in [0.2, 0.25) is 0 Å². The van der Waals surface area contributed by atoms with Crippen LogP contribution in [0.1, 0.15) is 52.4 Å². The smallest absolute Gasteiger partial charge is 0.220 e. The van der Waals surface area contributed by atoms with Crippen LogP contribution in [0.5, 0.6) is 0 Å². The topological polar surface area (TPSA) is 55.1 Å². The SMILES string of the molecule is CC1(C)CCCCC1NC(=O)CCCN. The first-order chi connectivity index (χ1) is 7.06. The molecule has 3 nitrogen and oxygen atoms in total. The van der Waals surface area contributed by atoms with E-state index < -0.39 is 0 Å². The molecule has 0 bridgehead atoms. The Kier molecular flexibility index (Phi) is 4.58. The monoisotopic (exact) mass is 212 g/mol. The highest BCUT2D eigenvalue weighted by Gasteiger charge is 2.32. The summed E-state index contributed by atoms with van der Waals surface area (Å²) >= 11 is 0. The van der Waals surface area contributed by atoms with E-state index in [2.05, 4.69) is 19.2 Å². The minimum atomic E-state index is 0.167. The Morgan fingerprint density at radius 3 is 2.80 bits per heavy atom. The second-order valence-corrected chi connectivity index (χ2v) is 5.25. The third-order valence-electron chi connectivity index (χ3n) is 3.45. The van der Waals surface area contributed by atoms with Gasteiger partial charge in [0.15, 0.2) is 0 Å². The van der Waals surface area contributed by atoms with Crippen LogP contribution >= 0.6 is 0 Å². The van der Waals surface area contributed by atoms with Gasteiger partial charge in [-0.05, 0) is 31.2 Å². The van der Waals surface area contributed by atoms with Crippen molar-refractivity contribution in [1.29, 1.82) is 0 Å². The van der Waals surface area contributed by atoms with Crippen molar-refractivity contribution in [2.45, 2.75) is 58.4 Å². The summed E-state index contributed by atoms with van der Waals surface area (Å²) in [6.07, 6.45) is 6.24. The maximum Gasteiger partial charge on any atom is 0.220 e. The lowest BCUT2D eigenvalue weighted by molar-refractivity contribution is -0.123. The number of carbonyl (C=O) groups is 1. The summed E-state index contributed by atoms with van der Waals surface area (Å²) in [5.41, 5.74) is 5.64. The minimum absolute atomic E-state index is 0.167. The zero-order valence-corrected chi connectivity index (χ0v) is 10.0. The molecule has 3 heteroatoms. The average Bonchev–Trinajstić information content (AvgIpc) is 2.18. The molecule has 88 valence electrons. The zero-order valence-electron chi connectivity index (χ0n) is 10.0. The second-order valence-electron chi connectivity index (χ2n) is 5.25. The van der Waals surface area contributed by atoms with E-state index in [1.54, 1.807) is 0 Å². The van der Waals surface area contributed by atoms with Gasteiger partial charge in [0.1, 0.15) is 0 Å². The molecular formula is C12H24N2O. The lowest BCUT2D eigenvalue weighted by atomic mass is 9.73. The standard InChI is InChI=1S/C12H24N2O/c1-12(2)8-4-3-6-10(12)14-11(15)7-5-9-13/h10H,3-9,13H2,1-2H3,(H,14,15). The van der Waals surface area contributed by atoms with Crippen LogP contribution in [0.3, 0.4) is 0 Å². The molecule has 0 radical (unpaired) electrons. The molecule has 0 heterocycles. The predicted molar refractivity (Wildman–Crippen MR) is 62.5 cm³/mol. The number of nitrogens with one attached hydrogen (secondary N) is 1. The third kappa shape index (κ3) is 3.82. The summed E-state index contributed by atoms with van der Waals surface area (Å²) < 4.78 is 0. The number of hydrogen-bond donors (Lipinski definition) is 2. The van der Waals surface area contributed by atoms with Crippen LogP contribution in [-0.4, -0.2) is 18.5 Å². The predicted octanol–water partition coefficient (Wildman–Crippen LogP) is 1.81. The summed E-state index contributed by atoms with van der Waals surface area (Å²) in [6.45, 7) is 5.10. The van der Waals surface area contributed by atoms with E-state index in [1.165, 1.54) is 19.3 Å². The lowest BCUT2D eigenvalue weighted by Gasteiger charge is -2.39. The van der Waals surface area contributed by atoms with Crippen molar-refractivity contribution in [1.82, 2.24) is 5.32 Å². The number of amides is 1. The Morgan fingerprint density at radius 2 is 2.20 bits per heavy atom. The Labute approximate surface area is 92.8 Å². The Morgan fingerprint density at radius 1 is 1.47 bits per heavy atom. The van der Waals surface area contributed by atoms with Crippen molar-refractivity contribution in [3.05, 3.63) is 0 Å². The van der Waals surface area contributed by atoms with Crippen LogP contribution in [0.15, 0.2) is 0 Å². The van der Waals surface area contributed by atoms with Gasteiger partial charge in [-0.25, -0.2) is 0 Å². The van der Waals surface area contributed by atoms with Crippen LogP contribution in [-0.2, 0) is 4.79 Å². The first-order valence-corrected chi connectivity index (χ1v) is 6.06. The molecule has 15 heavy (non-hydrogen) atoms. The van der Waals surface area contributed by atoms with E-state index >= 15 is 0 Å². The molecule has 3 N–H and O–H groups in total. The van der Waals surface area contributed by atoms with Gasteiger partial charge in [0.05, 0.1) is 0 Å². The molecule has 1 rings (SSSR count). The van der Waals surface area contributed by atoms with Gasteiger partial charge in [0, 0.05) is 12.5 Å². The van der Waals surface area contributed by atoms with Gasteiger partial charge in [-0.2, -0.15) is 0 Å². The fraction of sp³-hybridized carbons (Fsp3) is 0.917. The van der Waals surface area contributed by atoms with Crippen LogP contribution in [0.4, 0.5) is 0 Å². The van der Waals surface area contributed by atoms with Crippen molar-refractivity contribution >= 4 is 5.91 Å². The van der Waals surface area contributed by atoms with Gasteiger partial charge in [-0.1, -0.05) is 26.7 Å². The number of rotatable bonds is 4. The van der Waals surface area contributed by atoms with E-state index in [0.717, 1.165) is 12.8 Å². The molecule has 1 amide bonds. The quantitative estimate of drug-likeness (QED) is 0.746. The first kappa shape index (κ1) is 12.5. The fourth-order valence-electron chi connectivity index (χ4n) is 2.29. The van der Waals surface area contributed by atoms with E-state index in [9.17, 15) is 4.79 Å². The highest BCUT2D eigenvalue weighted by atomic mass is 16.1. The summed E-state index contributed by atoms with van der Waals surface area (Å²) in [7, 11) is 0. The van der Waals surface area contributed by atoms with Gasteiger partial charge in [0.25, 0.3) is 0 Å². The average molecular weight is 212 g/mol. The number of hydrogen-bond acceptors (Lipinski definition) is 2. The largest absolute Gasteiger partial charge is 0.353 e. The van der Waals surface area contributed by atoms with Crippen LogP contribution in [0, 0.1) is 5.41 Å².